The highest BCUT2D eigenvalue weighted by Crippen LogP contribution is 2.14. The van der Waals surface area contributed by atoms with E-state index in [9.17, 15) is 4.79 Å². The standard InChI is InChI=1S/C11H12ClNO4/c1-2-16-10(14)7-17-9-5-3-8(4-6-9)11(12)13-15/h3-6,15H,2,7H2,1H3/b13-11-. The van der Waals surface area contributed by atoms with E-state index in [2.05, 4.69) is 5.16 Å². The Hall–Kier alpha value is -1.75. The molecule has 0 saturated heterocycles. The van der Waals surface area contributed by atoms with Crippen molar-refractivity contribution < 1.29 is 19.5 Å². The number of benzene rings is 1. The van der Waals surface area contributed by atoms with Gasteiger partial charge in [-0.2, -0.15) is 0 Å². The Morgan fingerprint density at radius 3 is 2.59 bits per heavy atom. The van der Waals surface area contributed by atoms with Crippen LogP contribution in [-0.4, -0.2) is 29.6 Å². The summed E-state index contributed by atoms with van der Waals surface area (Å²) in [6.45, 7) is 1.90. The monoisotopic (exact) mass is 257 g/mol. The first kappa shape index (κ1) is 13.3. The fourth-order valence-corrected chi connectivity index (χ4v) is 1.22. The van der Waals surface area contributed by atoms with Gasteiger partial charge in [0.2, 0.25) is 0 Å². The Labute approximate surface area is 104 Å². The first-order valence-electron chi connectivity index (χ1n) is 4.93. The van der Waals surface area contributed by atoms with Gasteiger partial charge in [-0.1, -0.05) is 16.8 Å². The normalized spacial score (nSPS) is 11.1. The molecule has 92 valence electrons. The molecular weight excluding hydrogens is 246 g/mol. The van der Waals surface area contributed by atoms with Gasteiger partial charge in [-0.05, 0) is 31.2 Å². The molecule has 0 fully saturated rings. The van der Waals surface area contributed by atoms with Crippen LogP contribution in [0.2, 0.25) is 0 Å². The summed E-state index contributed by atoms with van der Waals surface area (Å²) in [5.74, 6) is 0.0794. The third kappa shape index (κ3) is 4.32. The summed E-state index contributed by atoms with van der Waals surface area (Å²) in [6, 6.07) is 6.45. The molecule has 1 aromatic rings. The fourth-order valence-electron chi connectivity index (χ4n) is 1.09. The predicted octanol–water partition coefficient (Wildman–Crippen LogP) is 2.00. The van der Waals surface area contributed by atoms with Crippen molar-refractivity contribution in [2.75, 3.05) is 13.2 Å². The largest absolute Gasteiger partial charge is 0.482 e. The number of ether oxygens (including phenoxy) is 2. The second-order valence-electron chi connectivity index (χ2n) is 3.01. The molecule has 0 unspecified atom stereocenters. The van der Waals surface area contributed by atoms with Gasteiger partial charge in [0.05, 0.1) is 6.61 Å². The van der Waals surface area contributed by atoms with Gasteiger partial charge in [-0.3, -0.25) is 0 Å². The van der Waals surface area contributed by atoms with E-state index in [0.717, 1.165) is 0 Å². The minimum Gasteiger partial charge on any atom is -0.482 e. The molecule has 0 heterocycles. The van der Waals surface area contributed by atoms with E-state index in [1.165, 1.54) is 0 Å². The third-order valence-corrected chi connectivity index (χ3v) is 2.14. The number of hydrogen-bond donors (Lipinski definition) is 1. The lowest BCUT2D eigenvalue weighted by molar-refractivity contribution is -0.145. The van der Waals surface area contributed by atoms with E-state index >= 15 is 0 Å². The fraction of sp³-hybridized carbons (Fsp3) is 0.273. The minimum atomic E-state index is -0.425. The van der Waals surface area contributed by atoms with E-state index in [1.54, 1.807) is 31.2 Å². The highest BCUT2D eigenvalue weighted by molar-refractivity contribution is 6.69. The van der Waals surface area contributed by atoms with E-state index in [1.807, 2.05) is 0 Å². The van der Waals surface area contributed by atoms with Crippen LogP contribution in [0, 0.1) is 0 Å². The number of halogens is 1. The Morgan fingerprint density at radius 2 is 2.06 bits per heavy atom. The summed E-state index contributed by atoms with van der Waals surface area (Å²) < 4.78 is 9.87. The molecule has 5 nitrogen and oxygen atoms in total. The molecule has 0 radical (unpaired) electrons. The molecular formula is C11H12ClNO4. The smallest absolute Gasteiger partial charge is 0.344 e. The van der Waals surface area contributed by atoms with Crippen molar-refractivity contribution in [1.82, 2.24) is 0 Å². The van der Waals surface area contributed by atoms with E-state index in [0.29, 0.717) is 17.9 Å². The summed E-state index contributed by atoms with van der Waals surface area (Å²) in [5, 5.41) is 11.3. The average molecular weight is 258 g/mol. The molecule has 0 aliphatic carbocycles. The van der Waals surface area contributed by atoms with E-state index in [-0.39, 0.29) is 11.8 Å². The second kappa shape index (κ2) is 6.75. The van der Waals surface area contributed by atoms with Gasteiger partial charge in [0.15, 0.2) is 11.8 Å². The minimum absolute atomic E-state index is 0.0121. The van der Waals surface area contributed by atoms with Crippen LogP contribution in [0.5, 0.6) is 5.75 Å². The van der Waals surface area contributed by atoms with Crippen molar-refractivity contribution in [2.24, 2.45) is 5.16 Å². The zero-order valence-electron chi connectivity index (χ0n) is 9.22. The summed E-state index contributed by atoms with van der Waals surface area (Å²) in [5.41, 5.74) is 0.553. The number of carbonyl (C=O) groups excluding carboxylic acids is 1. The number of oxime groups is 1. The lowest BCUT2D eigenvalue weighted by Crippen LogP contribution is -2.14. The lowest BCUT2D eigenvalue weighted by Gasteiger charge is -2.05. The van der Waals surface area contributed by atoms with Crippen LogP contribution in [0.25, 0.3) is 0 Å². The maximum Gasteiger partial charge on any atom is 0.344 e. The van der Waals surface area contributed by atoms with Gasteiger partial charge in [0.25, 0.3) is 0 Å². The van der Waals surface area contributed by atoms with Gasteiger partial charge in [-0.15, -0.1) is 0 Å². The molecule has 1 N–H and O–H groups in total. The Morgan fingerprint density at radius 1 is 1.41 bits per heavy atom. The number of carbonyl (C=O) groups is 1. The highest BCUT2D eigenvalue weighted by Gasteiger charge is 2.04. The molecule has 17 heavy (non-hydrogen) atoms. The maximum atomic E-state index is 11.0. The number of hydrogen-bond acceptors (Lipinski definition) is 5. The summed E-state index contributed by atoms with van der Waals surface area (Å²) in [6.07, 6.45) is 0. The van der Waals surface area contributed by atoms with Crippen LogP contribution in [0.3, 0.4) is 0 Å². The zero-order chi connectivity index (χ0) is 12.7. The molecule has 0 atom stereocenters. The Balaban J connectivity index is 2.54. The Bertz CT molecular complexity index is 402. The van der Waals surface area contributed by atoms with Crippen molar-refractivity contribution in [3.63, 3.8) is 0 Å². The molecule has 0 amide bonds. The van der Waals surface area contributed by atoms with Crippen LogP contribution in [-0.2, 0) is 9.53 Å². The number of rotatable bonds is 5. The SMILES string of the molecule is CCOC(=O)COc1ccc(/C(Cl)=N/O)cc1. The van der Waals surface area contributed by atoms with Crippen LogP contribution < -0.4 is 4.74 Å². The summed E-state index contributed by atoms with van der Waals surface area (Å²) >= 11 is 5.60. The van der Waals surface area contributed by atoms with Crippen LogP contribution in [0.1, 0.15) is 12.5 Å². The molecule has 1 rings (SSSR count). The van der Waals surface area contributed by atoms with Crippen molar-refractivity contribution in [1.29, 1.82) is 0 Å². The van der Waals surface area contributed by atoms with Crippen molar-refractivity contribution in [2.45, 2.75) is 6.92 Å². The second-order valence-corrected chi connectivity index (χ2v) is 3.37. The molecule has 1 aromatic carbocycles. The third-order valence-electron chi connectivity index (χ3n) is 1.84. The van der Waals surface area contributed by atoms with Crippen molar-refractivity contribution >= 4 is 22.7 Å². The average Bonchev–Trinajstić information content (AvgIpc) is 2.36. The zero-order valence-corrected chi connectivity index (χ0v) is 9.98. The van der Waals surface area contributed by atoms with E-state index < -0.39 is 5.97 Å². The van der Waals surface area contributed by atoms with Crippen molar-refractivity contribution in [3.8, 4) is 5.75 Å². The van der Waals surface area contributed by atoms with Crippen molar-refractivity contribution in [3.05, 3.63) is 29.8 Å². The molecule has 0 bridgehead atoms. The maximum absolute atomic E-state index is 11.0. The first-order chi connectivity index (χ1) is 8.17. The molecule has 0 aliphatic rings. The van der Waals surface area contributed by atoms with Gasteiger partial charge in [0.1, 0.15) is 5.75 Å². The number of esters is 1. The molecule has 0 aromatic heterocycles. The molecule has 6 heteroatoms. The lowest BCUT2D eigenvalue weighted by atomic mass is 10.2. The van der Waals surface area contributed by atoms with Gasteiger partial charge in [-0.25, -0.2) is 4.79 Å². The quantitative estimate of drug-likeness (QED) is 0.379. The van der Waals surface area contributed by atoms with E-state index in [4.69, 9.17) is 26.3 Å². The first-order valence-corrected chi connectivity index (χ1v) is 5.31. The summed E-state index contributed by atoms with van der Waals surface area (Å²) in [4.78, 5) is 11.0. The molecule has 0 spiro atoms. The number of nitrogens with zero attached hydrogens (tertiary/aromatic N) is 1. The van der Waals surface area contributed by atoms with Gasteiger partial charge in [0, 0.05) is 5.56 Å². The highest BCUT2D eigenvalue weighted by atomic mass is 35.5. The topological polar surface area (TPSA) is 68.1 Å². The molecule has 0 aliphatic heterocycles. The van der Waals surface area contributed by atoms with Crippen LogP contribution >= 0.6 is 11.6 Å². The Kier molecular flexibility index (Phi) is 5.29. The van der Waals surface area contributed by atoms with Gasteiger partial charge >= 0.3 is 5.97 Å². The van der Waals surface area contributed by atoms with Gasteiger partial charge < -0.3 is 14.7 Å². The summed E-state index contributed by atoms with van der Waals surface area (Å²) in [7, 11) is 0. The predicted molar refractivity (Wildman–Crippen MR) is 62.7 cm³/mol. The van der Waals surface area contributed by atoms with Crippen LogP contribution in [0.15, 0.2) is 29.4 Å². The molecule has 0 saturated carbocycles. The van der Waals surface area contributed by atoms with Crippen LogP contribution in [0.4, 0.5) is 0 Å².